The number of carbonyl (C=O) groups excluding carboxylic acids is 3. The number of aromatic amines is 1. The third-order valence-corrected chi connectivity index (χ3v) is 6.74. The number of benzene rings is 2. The first kappa shape index (κ1) is 31.3. The van der Waals surface area contributed by atoms with Gasteiger partial charge in [-0.1, -0.05) is 48.5 Å². The van der Waals surface area contributed by atoms with Gasteiger partial charge in [0.25, 0.3) is 0 Å². The predicted octanol–water partition coefficient (Wildman–Crippen LogP) is -0.0593. The van der Waals surface area contributed by atoms with Gasteiger partial charge in [0.05, 0.1) is 12.6 Å². The minimum atomic E-state index is -1.39. The molecule has 10 N–H and O–H groups in total. The van der Waals surface area contributed by atoms with Crippen molar-refractivity contribution in [1.82, 2.24) is 20.9 Å². The Morgan fingerprint density at radius 2 is 1.44 bits per heavy atom. The number of rotatable bonds is 16. The summed E-state index contributed by atoms with van der Waals surface area (Å²) in [5, 5.41) is 27.9. The van der Waals surface area contributed by atoms with Crippen LogP contribution in [0.2, 0.25) is 0 Å². The summed E-state index contributed by atoms with van der Waals surface area (Å²) < 4.78 is 0. The van der Waals surface area contributed by atoms with E-state index in [0.29, 0.717) is 24.9 Å². The molecule has 4 unspecified atom stereocenters. The van der Waals surface area contributed by atoms with Gasteiger partial charge in [-0.15, -0.1) is 0 Å². The molecule has 41 heavy (non-hydrogen) atoms. The van der Waals surface area contributed by atoms with Crippen LogP contribution in [0.1, 0.15) is 30.4 Å². The largest absolute Gasteiger partial charge is 0.480 e. The van der Waals surface area contributed by atoms with Crippen molar-refractivity contribution in [2.24, 2.45) is 11.5 Å². The zero-order valence-electron chi connectivity index (χ0n) is 22.7. The normalized spacial score (nSPS) is 14.0. The standard InChI is InChI=1S/C29H38N6O6/c30-13-7-6-12-23(29(40)41)33-27(38)24(14-18-8-2-1-3-9-18)34-28(39)25(17-36)35-26(37)21(31)15-19-16-32-22-11-5-4-10-20(19)22/h1-5,8-11,16,21,23-25,32,36H,6-7,12-15,17,30-31H2,(H,33,38)(H,34,39)(H,35,37)(H,40,41). The van der Waals surface area contributed by atoms with Crippen LogP contribution in [0.25, 0.3) is 10.9 Å². The van der Waals surface area contributed by atoms with Crippen molar-refractivity contribution in [3.05, 3.63) is 71.9 Å². The number of carboxylic acid groups (broad SMARTS) is 1. The van der Waals surface area contributed by atoms with Crippen LogP contribution in [0, 0.1) is 0 Å². The van der Waals surface area contributed by atoms with Gasteiger partial charge >= 0.3 is 5.97 Å². The molecule has 0 spiro atoms. The van der Waals surface area contributed by atoms with Crippen molar-refractivity contribution in [2.75, 3.05) is 13.2 Å². The Bertz CT molecular complexity index is 1310. The number of aromatic nitrogens is 1. The highest BCUT2D eigenvalue weighted by Crippen LogP contribution is 2.18. The fourth-order valence-corrected chi connectivity index (χ4v) is 4.46. The van der Waals surface area contributed by atoms with E-state index in [1.807, 2.05) is 24.3 Å². The Morgan fingerprint density at radius 3 is 2.12 bits per heavy atom. The van der Waals surface area contributed by atoms with Crippen molar-refractivity contribution in [1.29, 1.82) is 0 Å². The van der Waals surface area contributed by atoms with Gasteiger partial charge in [0, 0.05) is 23.5 Å². The van der Waals surface area contributed by atoms with Crippen molar-refractivity contribution >= 4 is 34.6 Å². The molecule has 0 bridgehead atoms. The van der Waals surface area contributed by atoms with Gasteiger partial charge in [-0.05, 0) is 49.4 Å². The molecule has 3 amide bonds. The molecule has 3 aromatic rings. The second-order valence-electron chi connectivity index (χ2n) is 9.85. The first-order valence-electron chi connectivity index (χ1n) is 13.5. The van der Waals surface area contributed by atoms with E-state index in [1.54, 1.807) is 36.5 Å². The third kappa shape index (κ3) is 9.13. The molecule has 0 aliphatic heterocycles. The quantitative estimate of drug-likeness (QED) is 0.110. The molecule has 2 aromatic carbocycles. The van der Waals surface area contributed by atoms with Gasteiger partial charge in [-0.25, -0.2) is 4.79 Å². The Balaban J connectivity index is 1.68. The van der Waals surface area contributed by atoms with Gasteiger partial charge in [-0.2, -0.15) is 0 Å². The summed E-state index contributed by atoms with van der Waals surface area (Å²) in [5.74, 6) is -3.38. The predicted molar refractivity (Wildman–Crippen MR) is 154 cm³/mol. The van der Waals surface area contributed by atoms with Crippen molar-refractivity contribution < 1.29 is 29.4 Å². The average molecular weight is 567 g/mol. The highest BCUT2D eigenvalue weighted by Gasteiger charge is 2.30. The number of nitrogens with two attached hydrogens (primary N) is 2. The van der Waals surface area contributed by atoms with Crippen LogP contribution < -0.4 is 27.4 Å². The highest BCUT2D eigenvalue weighted by atomic mass is 16.4. The molecule has 0 radical (unpaired) electrons. The van der Waals surface area contributed by atoms with Gasteiger partial charge in [0.2, 0.25) is 17.7 Å². The highest BCUT2D eigenvalue weighted by molar-refractivity contribution is 5.94. The minimum Gasteiger partial charge on any atom is -0.480 e. The Morgan fingerprint density at radius 1 is 0.805 bits per heavy atom. The summed E-state index contributed by atoms with van der Waals surface area (Å²) in [7, 11) is 0. The molecule has 0 fully saturated rings. The molecule has 1 heterocycles. The molecule has 12 nitrogen and oxygen atoms in total. The number of para-hydroxylation sites is 1. The maximum Gasteiger partial charge on any atom is 0.326 e. The van der Waals surface area contributed by atoms with E-state index in [-0.39, 0.29) is 19.3 Å². The maximum absolute atomic E-state index is 13.2. The SMILES string of the molecule is NCCCCC(NC(=O)C(Cc1ccccc1)NC(=O)C(CO)NC(=O)C(N)Cc1c[nH]c2ccccc12)C(=O)O. The molecule has 4 atom stereocenters. The zero-order valence-corrected chi connectivity index (χ0v) is 22.7. The number of fused-ring (bicyclic) bond motifs is 1. The molecule has 0 saturated heterocycles. The van der Waals surface area contributed by atoms with E-state index in [4.69, 9.17) is 11.5 Å². The van der Waals surface area contributed by atoms with Gasteiger partial charge in [0.1, 0.15) is 18.1 Å². The molecule has 12 heteroatoms. The number of H-pyrrole nitrogens is 1. The van der Waals surface area contributed by atoms with E-state index >= 15 is 0 Å². The topological polar surface area (TPSA) is 213 Å². The Kier molecular flexibility index (Phi) is 11.8. The fourth-order valence-electron chi connectivity index (χ4n) is 4.46. The van der Waals surface area contributed by atoms with Crippen LogP contribution >= 0.6 is 0 Å². The number of amides is 3. The third-order valence-electron chi connectivity index (χ3n) is 6.74. The van der Waals surface area contributed by atoms with Crippen LogP contribution in [0.4, 0.5) is 0 Å². The molecule has 3 rings (SSSR count). The number of aliphatic hydroxyl groups is 1. The second kappa shape index (κ2) is 15.5. The second-order valence-corrected chi connectivity index (χ2v) is 9.85. The summed E-state index contributed by atoms with van der Waals surface area (Å²) in [6.45, 7) is -0.347. The molecular weight excluding hydrogens is 528 g/mol. The number of hydrogen-bond donors (Lipinski definition) is 8. The lowest BCUT2D eigenvalue weighted by Crippen LogP contribution is -2.58. The summed E-state index contributed by atoms with van der Waals surface area (Å²) in [6, 6.07) is 11.7. The Labute approximate surface area is 237 Å². The molecule has 1 aromatic heterocycles. The Hall–Kier alpha value is -4.26. The number of carbonyl (C=O) groups is 4. The van der Waals surface area contributed by atoms with Gasteiger partial charge < -0.3 is 42.6 Å². The van der Waals surface area contributed by atoms with Gasteiger partial charge in [-0.3, -0.25) is 14.4 Å². The van der Waals surface area contributed by atoms with Crippen LogP contribution in [0.15, 0.2) is 60.8 Å². The molecule has 0 aliphatic carbocycles. The average Bonchev–Trinajstić information content (AvgIpc) is 3.37. The zero-order chi connectivity index (χ0) is 29.8. The van der Waals surface area contributed by atoms with Crippen LogP contribution in [0.5, 0.6) is 0 Å². The summed E-state index contributed by atoms with van der Waals surface area (Å²) in [5.41, 5.74) is 14.1. The lowest BCUT2D eigenvalue weighted by atomic mass is 10.0. The van der Waals surface area contributed by atoms with E-state index in [2.05, 4.69) is 20.9 Å². The van der Waals surface area contributed by atoms with Crippen molar-refractivity contribution in [3.8, 4) is 0 Å². The number of carboxylic acids is 1. The van der Waals surface area contributed by atoms with Crippen LogP contribution in [0.3, 0.4) is 0 Å². The van der Waals surface area contributed by atoms with E-state index in [0.717, 1.165) is 16.5 Å². The summed E-state index contributed by atoms with van der Waals surface area (Å²) in [4.78, 5) is 54.0. The lowest BCUT2D eigenvalue weighted by Gasteiger charge is -2.24. The summed E-state index contributed by atoms with van der Waals surface area (Å²) >= 11 is 0. The number of unbranched alkanes of at least 4 members (excludes halogenated alkanes) is 1. The monoisotopic (exact) mass is 566 g/mol. The summed E-state index contributed by atoms with van der Waals surface area (Å²) in [6.07, 6.45) is 3.29. The smallest absolute Gasteiger partial charge is 0.326 e. The number of nitrogens with one attached hydrogen (secondary N) is 4. The number of hydrogen-bond acceptors (Lipinski definition) is 7. The lowest BCUT2D eigenvalue weighted by molar-refractivity contribution is -0.142. The van der Waals surface area contributed by atoms with E-state index in [9.17, 15) is 29.4 Å². The van der Waals surface area contributed by atoms with Crippen LogP contribution in [-0.2, 0) is 32.0 Å². The first-order chi connectivity index (χ1) is 19.7. The fraction of sp³-hybridized carbons (Fsp3) is 0.379. The maximum atomic E-state index is 13.2. The van der Waals surface area contributed by atoms with E-state index < -0.39 is 54.5 Å². The van der Waals surface area contributed by atoms with Crippen LogP contribution in [-0.4, -0.2) is 76.2 Å². The van der Waals surface area contributed by atoms with Crippen molar-refractivity contribution in [3.63, 3.8) is 0 Å². The van der Waals surface area contributed by atoms with Crippen molar-refractivity contribution in [2.45, 2.75) is 56.3 Å². The first-order valence-corrected chi connectivity index (χ1v) is 13.5. The number of aliphatic carboxylic acids is 1. The number of aliphatic hydroxyl groups excluding tert-OH is 1. The van der Waals surface area contributed by atoms with E-state index in [1.165, 1.54) is 0 Å². The molecule has 220 valence electrons. The van der Waals surface area contributed by atoms with Gasteiger partial charge in [0.15, 0.2) is 0 Å². The minimum absolute atomic E-state index is 0.0553. The molecule has 0 saturated carbocycles. The molecular formula is C29H38N6O6. The molecule has 0 aliphatic rings.